The fourth-order valence-electron chi connectivity index (χ4n) is 5.00. The van der Waals surface area contributed by atoms with Gasteiger partial charge in [0.1, 0.15) is 5.82 Å². The van der Waals surface area contributed by atoms with Crippen LogP contribution in [0.4, 0.5) is 22.4 Å². The first kappa shape index (κ1) is 25.5. The molecule has 1 saturated heterocycles. The van der Waals surface area contributed by atoms with E-state index in [4.69, 9.17) is 10.2 Å². The molecule has 10 heteroatoms. The summed E-state index contributed by atoms with van der Waals surface area (Å²) in [5.74, 6) is 0.286. The predicted molar refractivity (Wildman–Crippen MR) is 121 cm³/mol. The maximum Gasteiger partial charge on any atom is 0.427 e. The number of aliphatic hydroxyl groups is 1. The molecule has 0 radical (unpaired) electrons. The summed E-state index contributed by atoms with van der Waals surface area (Å²) in [6.45, 7) is 3.21. The number of carbonyl (C=O) groups is 1. The molecule has 5 rings (SSSR count). The van der Waals surface area contributed by atoms with E-state index in [1.54, 1.807) is 12.1 Å². The molecule has 0 bridgehead atoms. The summed E-state index contributed by atoms with van der Waals surface area (Å²) in [5.41, 5.74) is 5.27. The smallest absolute Gasteiger partial charge is 0.427 e. The lowest BCUT2D eigenvalue weighted by Gasteiger charge is -2.32. The summed E-state index contributed by atoms with van der Waals surface area (Å²) in [6, 6.07) is 4.76. The molecule has 2 aliphatic heterocycles. The molecule has 3 heterocycles. The average Bonchev–Trinajstić information content (AvgIpc) is 3.61. The van der Waals surface area contributed by atoms with E-state index < -0.39 is 25.0 Å². The zero-order valence-corrected chi connectivity index (χ0v) is 19.9. The van der Waals surface area contributed by atoms with Crippen LogP contribution in [0, 0.1) is 5.82 Å². The lowest BCUT2D eigenvalue weighted by atomic mass is 9.88. The fourth-order valence-corrected chi connectivity index (χ4v) is 5.00. The Balaban J connectivity index is 0.00000141. The number of hydrogen-bond donors (Lipinski definition) is 1. The number of ether oxygens (including phenoxy) is 1. The van der Waals surface area contributed by atoms with Gasteiger partial charge in [-0.1, -0.05) is 13.8 Å². The highest BCUT2D eigenvalue weighted by Gasteiger charge is 2.44. The summed E-state index contributed by atoms with van der Waals surface area (Å²) >= 11 is 0. The van der Waals surface area contributed by atoms with Crippen molar-refractivity contribution in [2.24, 2.45) is 0 Å². The van der Waals surface area contributed by atoms with Crippen molar-refractivity contribution in [3.05, 3.63) is 46.5 Å². The van der Waals surface area contributed by atoms with Crippen LogP contribution in [-0.4, -0.2) is 57.9 Å². The predicted octanol–water partition coefficient (Wildman–Crippen LogP) is 5.25. The molecular formula is C25H31F4N3O3. The van der Waals surface area contributed by atoms with Crippen LogP contribution >= 0.6 is 0 Å². The van der Waals surface area contributed by atoms with Gasteiger partial charge in [-0.05, 0) is 68.2 Å². The topological polar surface area (TPSA) is 67.6 Å². The molecular weight excluding hydrogens is 466 g/mol. The number of alkyl halides is 3. The monoisotopic (exact) mass is 497 g/mol. The highest BCUT2D eigenvalue weighted by molar-refractivity contribution is 5.68. The van der Waals surface area contributed by atoms with Crippen LogP contribution in [0.15, 0.2) is 18.2 Å². The van der Waals surface area contributed by atoms with Gasteiger partial charge in [0.25, 0.3) is 0 Å². The number of carbonyl (C=O) groups excluding carboxylic acids is 1. The highest BCUT2D eigenvalue weighted by Crippen LogP contribution is 2.48. The number of fused-ring (bicyclic) bond motifs is 3. The Morgan fingerprint density at radius 2 is 1.83 bits per heavy atom. The number of nitrogens with zero attached hydrogens (tertiary/aromatic N) is 3. The fraction of sp³-hybridized carbons (Fsp3) is 0.600. The molecule has 1 N–H and O–H groups in total. The molecule has 2 fully saturated rings. The van der Waals surface area contributed by atoms with Crippen molar-refractivity contribution < 1.29 is 32.2 Å². The number of hydrogen-bond acceptors (Lipinski definition) is 4. The second kappa shape index (κ2) is 10.2. The summed E-state index contributed by atoms with van der Waals surface area (Å²) in [5, 5.41) is 13.9. The third-order valence-electron chi connectivity index (χ3n) is 6.85. The van der Waals surface area contributed by atoms with Crippen molar-refractivity contribution in [2.75, 3.05) is 19.7 Å². The highest BCUT2D eigenvalue weighted by atomic mass is 19.4. The summed E-state index contributed by atoms with van der Waals surface area (Å²) < 4.78 is 58.6. The Bertz CT molecular complexity index is 1060. The molecule has 192 valence electrons. The van der Waals surface area contributed by atoms with Gasteiger partial charge in [0.15, 0.2) is 0 Å². The van der Waals surface area contributed by atoms with Gasteiger partial charge in [0.05, 0.1) is 18.0 Å². The summed E-state index contributed by atoms with van der Waals surface area (Å²) in [7, 11) is 0. The molecule has 1 unspecified atom stereocenters. The Labute approximate surface area is 201 Å². The van der Waals surface area contributed by atoms with E-state index in [0.717, 1.165) is 42.6 Å². The van der Waals surface area contributed by atoms with Gasteiger partial charge in [-0.3, -0.25) is 0 Å². The summed E-state index contributed by atoms with van der Waals surface area (Å²) in [4.78, 5) is 13.5. The van der Waals surface area contributed by atoms with Gasteiger partial charge in [-0.25, -0.2) is 13.9 Å². The number of halogens is 4. The van der Waals surface area contributed by atoms with Crippen LogP contribution < -0.4 is 0 Å². The second-order valence-corrected chi connectivity index (χ2v) is 9.06. The van der Waals surface area contributed by atoms with Gasteiger partial charge < -0.3 is 14.7 Å². The zero-order chi connectivity index (χ0) is 25.3. The van der Waals surface area contributed by atoms with Gasteiger partial charge in [0.2, 0.25) is 6.10 Å². The molecule has 1 aromatic carbocycles. The molecule has 35 heavy (non-hydrogen) atoms. The van der Waals surface area contributed by atoms with Crippen molar-refractivity contribution in [1.29, 1.82) is 0 Å². The number of benzene rings is 1. The lowest BCUT2D eigenvalue weighted by molar-refractivity contribution is -0.214. The van der Waals surface area contributed by atoms with E-state index in [2.05, 4.69) is 4.74 Å². The van der Waals surface area contributed by atoms with Gasteiger partial charge in [-0.2, -0.15) is 18.3 Å². The number of piperidine rings is 1. The summed E-state index contributed by atoms with van der Waals surface area (Å²) in [6.07, 6.45) is -3.50. The maximum absolute atomic E-state index is 13.7. The van der Waals surface area contributed by atoms with Crippen LogP contribution in [0.1, 0.15) is 73.9 Å². The minimum atomic E-state index is -4.81. The second-order valence-electron chi connectivity index (χ2n) is 9.06. The average molecular weight is 498 g/mol. The van der Waals surface area contributed by atoms with Crippen LogP contribution in [0.25, 0.3) is 5.69 Å². The minimum Gasteiger partial charge on any atom is -0.434 e. The van der Waals surface area contributed by atoms with Crippen LogP contribution in [-0.2, 0) is 17.6 Å². The number of aliphatic hydroxyl groups excluding tert-OH is 1. The standard InChI is InChI=1S/C23H25F4N3O3.C2H6/c24-16-4-6-17-15(11-16)3-5-18-20(13-1-2-13)21(28-30(17)18)14-7-9-29(10-8-14)22(32)33-19(12-31)23(25,26)27;1-2/h4,6,11,13-14,19,31H,1-3,5,7-10,12H2;1-2H3. The van der Waals surface area contributed by atoms with Crippen molar-refractivity contribution >= 4 is 6.09 Å². The lowest BCUT2D eigenvalue weighted by Crippen LogP contribution is -2.44. The SMILES string of the molecule is CC.O=C(OC(CO)C(F)(F)F)N1CCC(c2nn3c(c2C2CC2)CCc2cc(F)ccc2-3)CC1. The van der Waals surface area contributed by atoms with Crippen LogP contribution in [0.3, 0.4) is 0 Å². The van der Waals surface area contributed by atoms with Crippen molar-refractivity contribution in [1.82, 2.24) is 14.7 Å². The van der Waals surface area contributed by atoms with E-state index in [1.807, 2.05) is 18.5 Å². The van der Waals surface area contributed by atoms with E-state index in [-0.39, 0.29) is 24.8 Å². The molecule has 3 aliphatic rings. The molecule has 1 atom stereocenters. The van der Waals surface area contributed by atoms with Crippen molar-refractivity contribution in [3.63, 3.8) is 0 Å². The largest absolute Gasteiger partial charge is 0.434 e. The number of rotatable bonds is 4. The van der Waals surface area contributed by atoms with Crippen molar-refractivity contribution in [3.8, 4) is 5.69 Å². The molecule has 1 amide bonds. The first-order chi connectivity index (χ1) is 16.8. The van der Waals surface area contributed by atoms with Crippen LogP contribution in [0.2, 0.25) is 0 Å². The molecule has 6 nitrogen and oxygen atoms in total. The third kappa shape index (κ3) is 5.17. The minimum absolute atomic E-state index is 0.0860. The van der Waals surface area contributed by atoms with E-state index in [9.17, 15) is 22.4 Å². The Hall–Kier alpha value is -2.62. The number of amides is 1. The normalized spacial score (nSPS) is 18.8. The van der Waals surface area contributed by atoms with E-state index in [1.165, 1.54) is 22.2 Å². The Morgan fingerprint density at radius 1 is 1.14 bits per heavy atom. The quantitative estimate of drug-likeness (QED) is 0.586. The van der Waals surface area contributed by atoms with E-state index >= 15 is 0 Å². The first-order valence-corrected chi connectivity index (χ1v) is 12.3. The van der Waals surface area contributed by atoms with E-state index in [0.29, 0.717) is 18.8 Å². The van der Waals surface area contributed by atoms with Gasteiger partial charge in [-0.15, -0.1) is 0 Å². The number of aryl methyl sites for hydroxylation is 1. The number of likely N-dealkylation sites (tertiary alicyclic amines) is 1. The first-order valence-electron chi connectivity index (χ1n) is 12.3. The van der Waals surface area contributed by atoms with Gasteiger partial charge in [0, 0.05) is 30.3 Å². The molecule has 1 saturated carbocycles. The van der Waals surface area contributed by atoms with Gasteiger partial charge >= 0.3 is 12.3 Å². The van der Waals surface area contributed by atoms with Crippen molar-refractivity contribution in [2.45, 2.75) is 76.5 Å². The Morgan fingerprint density at radius 3 is 2.43 bits per heavy atom. The molecule has 2 aromatic rings. The third-order valence-corrected chi connectivity index (χ3v) is 6.85. The van der Waals surface area contributed by atoms with Crippen LogP contribution in [0.5, 0.6) is 0 Å². The number of aromatic nitrogens is 2. The maximum atomic E-state index is 13.7. The zero-order valence-electron chi connectivity index (χ0n) is 19.9. The molecule has 0 spiro atoms. The molecule has 1 aromatic heterocycles. The molecule has 1 aliphatic carbocycles. The Kier molecular flexibility index (Phi) is 7.40.